The smallest absolute Gasteiger partial charge is 0.0902 e. The van der Waals surface area contributed by atoms with Crippen LogP contribution in [0.4, 0.5) is 0 Å². The Bertz CT molecular complexity index is 111. The predicted molar refractivity (Wildman–Crippen MR) is 39.7 cm³/mol. The van der Waals surface area contributed by atoms with Crippen LogP contribution in [-0.4, -0.2) is 21.4 Å². The normalized spacial score (nSPS) is 49.2. The van der Waals surface area contributed by atoms with E-state index in [1.807, 2.05) is 0 Å². The third kappa shape index (κ3) is 1.18. The molecule has 0 unspecified atom stereocenters. The average molecular weight is 144 g/mol. The van der Waals surface area contributed by atoms with Gasteiger partial charge in [0, 0.05) is 0 Å². The van der Waals surface area contributed by atoms with E-state index >= 15 is 0 Å². The van der Waals surface area contributed by atoms with Crippen molar-refractivity contribution in [2.75, 3.05) is 0 Å². The molecule has 0 radical (unpaired) electrons. The maximum Gasteiger partial charge on any atom is 0.0902 e. The Morgan fingerprint density at radius 3 is 1.40 bits per heavy atom. The van der Waals surface area contributed by atoms with E-state index in [2.05, 4.69) is 0 Å². The largest absolute Gasteiger partial charge is 0.387 e. The molecule has 1 rings (SSSR count). The SMILES string of the molecule is C[C@@]1(O)CCCC[C@@]1(C)O. The molecule has 0 saturated heterocycles. The fourth-order valence-corrected chi connectivity index (χ4v) is 1.48. The third-order valence-electron chi connectivity index (χ3n) is 2.74. The van der Waals surface area contributed by atoms with Gasteiger partial charge in [0.1, 0.15) is 0 Å². The highest BCUT2D eigenvalue weighted by Gasteiger charge is 2.43. The second-order valence-corrected chi connectivity index (χ2v) is 3.75. The van der Waals surface area contributed by atoms with Gasteiger partial charge in [-0.3, -0.25) is 0 Å². The summed E-state index contributed by atoms with van der Waals surface area (Å²) >= 11 is 0. The molecule has 0 aromatic heterocycles. The van der Waals surface area contributed by atoms with Crippen LogP contribution in [0.3, 0.4) is 0 Å². The fourth-order valence-electron chi connectivity index (χ4n) is 1.48. The quantitative estimate of drug-likeness (QED) is 0.533. The molecule has 1 fully saturated rings. The standard InChI is InChI=1S/C8H16O2/c1-7(9)5-3-4-6-8(7,2)10/h9-10H,3-6H2,1-2H3/t7-,8-/m1/s1. The van der Waals surface area contributed by atoms with Crippen LogP contribution in [0.25, 0.3) is 0 Å². The van der Waals surface area contributed by atoms with Crippen molar-refractivity contribution in [2.45, 2.75) is 50.7 Å². The van der Waals surface area contributed by atoms with Crippen LogP contribution < -0.4 is 0 Å². The fraction of sp³-hybridized carbons (Fsp3) is 1.00. The van der Waals surface area contributed by atoms with E-state index in [4.69, 9.17) is 0 Å². The Labute approximate surface area is 61.9 Å². The summed E-state index contributed by atoms with van der Waals surface area (Å²) in [6, 6.07) is 0. The van der Waals surface area contributed by atoms with E-state index in [1.165, 1.54) is 0 Å². The van der Waals surface area contributed by atoms with Gasteiger partial charge in [0.15, 0.2) is 0 Å². The molecular weight excluding hydrogens is 128 g/mol. The third-order valence-corrected chi connectivity index (χ3v) is 2.74. The zero-order chi connectivity index (χ0) is 7.83. The summed E-state index contributed by atoms with van der Waals surface area (Å²) in [4.78, 5) is 0. The van der Waals surface area contributed by atoms with Crippen molar-refractivity contribution < 1.29 is 10.2 Å². The van der Waals surface area contributed by atoms with Crippen LogP contribution >= 0.6 is 0 Å². The van der Waals surface area contributed by atoms with Crippen LogP contribution in [0.2, 0.25) is 0 Å². The molecule has 10 heavy (non-hydrogen) atoms. The molecule has 0 aromatic carbocycles. The van der Waals surface area contributed by atoms with Gasteiger partial charge in [-0.25, -0.2) is 0 Å². The predicted octanol–water partition coefficient (Wildman–Crippen LogP) is 1.06. The number of hydrogen-bond donors (Lipinski definition) is 2. The van der Waals surface area contributed by atoms with Crippen LogP contribution in [-0.2, 0) is 0 Å². The Kier molecular flexibility index (Phi) is 1.77. The second-order valence-electron chi connectivity index (χ2n) is 3.75. The van der Waals surface area contributed by atoms with Gasteiger partial charge in [-0.1, -0.05) is 12.8 Å². The summed E-state index contributed by atoms with van der Waals surface area (Å²) in [6.07, 6.45) is 3.51. The van der Waals surface area contributed by atoms with E-state index in [9.17, 15) is 10.2 Å². The van der Waals surface area contributed by atoms with Crippen molar-refractivity contribution in [1.29, 1.82) is 0 Å². The maximum atomic E-state index is 9.65. The number of aliphatic hydroxyl groups is 2. The summed E-state index contributed by atoms with van der Waals surface area (Å²) in [5.74, 6) is 0. The molecule has 0 aliphatic heterocycles. The molecular formula is C8H16O2. The first-order valence-electron chi connectivity index (χ1n) is 3.90. The zero-order valence-corrected chi connectivity index (χ0v) is 6.72. The molecule has 2 atom stereocenters. The Hall–Kier alpha value is -0.0800. The first kappa shape index (κ1) is 8.02. The highest BCUT2D eigenvalue weighted by molar-refractivity contribution is 4.96. The van der Waals surface area contributed by atoms with E-state index in [0.717, 1.165) is 25.7 Å². The Morgan fingerprint density at radius 1 is 0.900 bits per heavy atom. The van der Waals surface area contributed by atoms with Gasteiger partial charge >= 0.3 is 0 Å². The lowest BCUT2D eigenvalue weighted by molar-refractivity contribution is -0.153. The second kappa shape index (κ2) is 2.21. The summed E-state index contributed by atoms with van der Waals surface area (Å²) in [5, 5.41) is 19.3. The molecule has 1 aliphatic rings. The first-order chi connectivity index (χ1) is 4.46. The van der Waals surface area contributed by atoms with Gasteiger partial charge in [-0.15, -0.1) is 0 Å². The highest BCUT2D eigenvalue weighted by Crippen LogP contribution is 2.36. The van der Waals surface area contributed by atoms with E-state index < -0.39 is 11.2 Å². The molecule has 0 spiro atoms. The van der Waals surface area contributed by atoms with Crippen molar-refractivity contribution in [2.24, 2.45) is 0 Å². The zero-order valence-electron chi connectivity index (χ0n) is 6.72. The minimum Gasteiger partial charge on any atom is -0.387 e. The minimum atomic E-state index is -0.870. The van der Waals surface area contributed by atoms with E-state index in [-0.39, 0.29) is 0 Å². The van der Waals surface area contributed by atoms with Crippen molar-refractivity contribution in [3.8, 4) is 0 Å². The molecule has 2 N–H and O–H groups in total. The lowest BCUT2D eigenvalue weighted by Crippen LogP contribution is -2.51. The Morgan fingerprint density at radius 2 is 1.20 bits per heavy atom. The molecule has 60 valence electrons. The summed E-state index contributed by atoms with van der Waals surface area (Å²) in [6.45, 7) is 3.43. The molecule has 1 aliphatic carbocycles. The summed E-state index contributed by atoms with van der Waals surface area (Å²) < 4.78 is 0. The molecule has 1 saturated carbocycles. The summed E-state index contributed by atoms with van der Waals surface area (Å²) in [5.41, 5.74) is -1.74. The van der Waals surface area contributed by atoms with Crippen LogP contribution in [0.1, 0.15) is 39.5 Å². The summed E-state index contributed by atoms with van der Waals surface area (Å²) in [7, 11) is 0. The molecule has 0 bridgehead atoms. The molecule has 0 heterocycles. The number of hydrogen-bond acceptors (Lipinski definition) is 2. The monoisotopic (exact) mass is 144 g/mol. The maximum absolute atomic E-state index is 9.65. The lowest BCUT2D eigenvalue weighted by atomic mass is 9.74. The van der Waals surface area contributed by atoms with Gasteiger partial charge < -0.3 is 10.2 Å². The lowest BCUT2D eigenvalue weighted by Gasteiger charge is -2.42. The van der Waals surface area contributed by atoms with Gasteiger partial charge in [0.05, 0.1) is 11.2 Å². The number of rotatable bonds is 0. The Balaban J connectivity index is 2.70. The van der Waals surface area contributed by atoms with Crippen molar-refractivity contribution in [1.82, 2.24) is 0 Å². The van der Waals surface area contributed by atoms with Crippen molar-refractivity contribution in [3.05, 3.63) is 0 Å². The molecule has 2 nitrogen and oxygen atoms in total. The minimum absolute atomic E-state index is 0.722. The highest BCUT2D eigenvalue weighted by atomic mass is 16.4. The van der Waals surface area contributed by atoms with Crippen LogP contribution in [0.15, 0.2) is 0 Å². The molecule has 0 amide bonds. The van der Waals surface area contributed by atoms with Gasteiger partial charge in [-0.05, 0) is 26.7 Å². The molecule has 2 heteroatoms. The average Bonchev–Trinajstić information content (AvgIpc) is 1.77. The van der Waals surface area contributed by atoms with Crippen LogP contribution in [0, 0.1) is 0 Å². The topological polar surface area (TPSA) is 40.5 Å². The molecule has 0 aromatic rings. The van der Waals surface area contributed by atoms with Gasteiger partial charge in [0.2, 0.25) is 0 Å². The van der Waals surface area contributed by atoms with Crippen molar-refractivity contribution >= 4 is 0 Å². The van der Waals surface area contributed by atoms with E-state index in [1.54, 1.807) is 13.8 Å². The van der Waals surface area contributed by atoms with E-state index in [0.29, 0.717) is 0 Å². The first-order valence-corrected chi connectivity index (χ1v) is 3.90. The van der Waals surface area contributed by atoms with Crippen molar-refractivity contribution in [3.63, 3.8) is 0 Å². The van der Waals surface area contributed by atoms with Gasteiger partial charge in [-0.2, -0.15) is 0 Å². The van der Waals surface area contributed by atoms with Crippen LogP contribution in [0.5, 0.6) is 0 Å². The van der Waals surface area contributed by atoms with Gasteiger partial charge in [0.25, 0.3) is 0 Å².